The van der Waals surface area contributed by atoms with Gasteiger partial charge >= 0.3 is 0 Å². The number of amides is 1. The van der Waals surface area contributed by atoms with Gasteiger partial charge in [0.2, 0.25) is 0 Å². The van der Waals surface area contributed by atoms with Crippen LogP contribution in [0.4, 0.5) is 0 Å². The third-order valence-corrected chi connectivity index (χ3v) is 4.02. The lowest BCUT2D eigenvalue weighted by atomic mass is 10.2. The van der Waals surface area contributed by atoms with E-state index in [1.54, 1.807) is 30.3 Å². The minimum absolute atomic E-state index is 0.314. The maximum absolute atomic E-state index is 12.6. The molecule has 0 saturated carbocycles. The summed E-state index contributed by atoms with van der Waals surface area (Å²) in [5, 5.41) is 3.20. The van der Waals surface area contributed by atoms with Crippen LogP contribution in [-0.2, 0) is 11.3 Å². The van der Waals surface area contributed by atoms with E-state index in [9.17, 15) is 4.79 Å². The van der Waals surface area contributed by atoms with Gasteiger partial charge in [0.25, 0.3) is 5.91 Å². The predicted octanol–water partition coefficient (Wildman–Crippen LogP) is 5.29. The van der Waals surface area contributed by atoms with Crippen molar-refractivity contribution in [2.45, 2.75) is 6.61 Å². The second-order valence-corrected chi connectivity index (χ2v) is 6.03. The van der Waals surface area contributed by atoms with E-state index in [0.29, 0.717) is 23.1 Å². The molecule has 3 aromatic rings. The van der Waals surface area contributed by atoms with Crippen LogP contribution in [0.3, 0.4) is 0 Å². The molecule has 0 spiro atoms. The fourth-order valence-electron chi connectivity index (χ4n) is 2.37. The Morgan fingerprint density at radius 1 is 0.885 bits per heavy atom. The fraction of sp³-hybridized carbons (Fsp3) is 0.0455. The van der Waals surface area contributed by atoms with E-state index >= 15 is 0 Å². The largest absolute Gasteiger partial charge is 0.474 e. The number of carbonyl (C=O) groups is 1. The number of carbonyl (C=O) groups excluding carboxylic acids is 1. The van der Waals surface area contributed by atoms with Gasteiger partial charge in [-0.05, 0) is 23.3 Å². The van der Waals surface area contributed by atoms with Crippen molar-refractivity contribution in [1.82, 2.24) is 5.32 Å². The Bertz CT molecular complexity index is 892. The summed E-state index contributed by atoms with van der Waals surface area (Å²) >= 11 is 6.11. The summed E-state index contributed by atoms with van der Waals surface area (Å²) in [5.74, 6) is 0.0517. The van der Waals surface area contributed by atoms with Gasteiger partial charge in [0.15, 0.2) is 5.88 Å². The van der Waals surface area contributed by atoms with Crippen LogP contribution < -0.4 is 5.32 Å². The molecule has 0 atom stereocenters. The first kappa shape index (κ1) is 17.8. The van der Waals surface area contributed by atoms with Crippen LogP contribution in [0.25, 0.3) is 6.08 Å². The van der Waals surface area contributed by atoms with E-state index in [-0.39, 0.29) is 5.91 Å². The van der Waals surface area contributed by atoms with Crippen LogP contribution in [0.5, 0.6) is 0 Å². The van der Waals surface area contributed by atoms with Gasteiger partial charge in [-0.2, -0.15) is 0 Å². The lowest BCUT2D eigenvalue weighted by Gasteiger charge is -2.13. The number of nitrogens with one attached hydrogen (secondary N) is 1. The average molecular weight is 364 g/mol. The third-order valence-electron chi connectivity index (χ3n) is 3.69. The van der Waals surface area contributed by atoms with Crippen molar-refractivity contribution in [3.8, 4) is 0 Å². The number of ether oxygens (including phenoxy) is 1. The van der Waals surface area contributed by atoms with Gasteiger partial charge < -0.3 is 4.74 Å². The summed E-state index contributed by atoms with van der Waals surface area (Å²) in [4.78, 5) is 12.6. The smallest absolute Gasteiger partial charge is 0.259 e. The summed E-state index contributed by atoms with van der Waals surface area (Å²) in [6.07, 6.45) is 1.79. The maximum atomic E-state index is 12.6. The number of halogens is 1. The molecule has 1 amide bonds. The quantitative estimate of drug-likeness (QED) is 0.604. The highest BCUT2D eigenvalue weighted by Gasteiger charge is 2.12. The van der Waals surface area contributed by atoms with Crippen LogP contribution in [-0.4, -0.2) is 5.91 Å². The van der Waals surface area contributed by atoms with Crippen molar-refractivity contribution in [3.05, 3.63) is 113 Å². The molecule has 0 saturated heterocycles. The monoisotopic (exact) mass is 363 g/mol. The molecule has 26 heavy (non-hydrogen) atoms. The Balaban J connectivity index is 1.79. The van der Waals surface area contributed by atoms with E-state index in [1.165, 1.54) is 0 Å². The molecule has 0 aromatic heterocycles. The van der Waals surface area contributed by atoms with Crippen LogP contribution in [0.15, 0.2) is 90.8 Å². The van der Waals surface area contributed by atoms with Crippen molar-refractivity contribution in [2.24, 2.45) is 0 Å². The van der Waals surface area contributed by atoms with E-state index in [4.69, 9.17) is 16.3 Å². The molecule has 3 rings (SSSR count). The van der Waals surface area contributed by atoms with Gasteiger partial charge in [-0.15, -0.1) is 0 Å². The van der Waals surface area contributed by atoms with Gasteiger partial charge in [-0.1, -0.05) is 84.4 Å². The molecule has 0 aliphatic carbocycles. The summed E-state index contributed by atoms with van der Waals surface area (Å²) < 4.78 is 5.85. The molecule has 0 unspecified atom stereocenters. The van der Waals surface area contributed by atoms with Crippen LogP contribution >= 0.6 is 11.6 Å². The second-order valence-electron chi connectivity index (χ2n) is 5.63. The lowest BCUT2D eigenvalue weighted by molar-refractivity contribution is 0.0913. The molecular formula is C22H18ClNO2. The van der Waals surface area contributed by atoms with Gasteiger partial charge in [0.05, 0.1) is 10.6 Å². The number of hydrogen-bond donors (Lipinski definition) is 1. The van der Waals surface area contributed by atoms with Gasteiger partial charge in [0.1, 0.15) is 6.61 Å². The van der Waals surface area contributed by atoms with E-state index < -0.39 is 0 Å². The summed E-state index contributed by atoms with van der Waals surface area (Å²) in [6, 6.07) is 26.4. The first-order valence-corrected chi connectivity index (χ1v) is 8.59. The molecule has 0 fully saturated rings. The molecule has 0 aliphatic heterocycles. The van der Waals surface area contributed by atoms with Crippen molar-refractivity contribution in [1.29, 1.82) is 0 Å². The summed E-state index contributed by atoms with van der Waals surface area (Å²) in [7, 11) is 0. The molecule has 0 radical (unpaired) electrons. The zero-order chi connectivity index (χ0) is 18.2. The van der Waals surface area contributed by atoms with Crippen molar-refractivity contribution >= 4 is 23.6 Å². The molecule has 0 bridgehead atoms. The Morgan fingerprint density at radius 2 is 1.50 bits per heavy atom. The molecule has 1 N–H and O–H groups in total. The number of benzene rings is 3. The first-order valence-electron chi connectivity index (χ1n) is 8.22. The van der Waals surface area contributed by atoms with Crippen LogP contribution in [0.1, 0.15) is 21.5 Å². The highest BCUT2D eigenvalue weighted by atomic mass is 35.5. The summed E-state index contributed by atoms with van der Waals surface area (Å²) in [6.45, 7) is 0.350. The number of rotatable bonds is 6. The topological polar surface area (TPSA) is 38.3 Å². The zero-order valence-electron chi connectivity index (χ0n) is 14.1. The molecular weight excluding hydrogens is 346 g/mol. The first-order chi connectivity index (χ1) is 12.7. The maximum Gasteiger partial charge on any atom is 0.259 e. The van der Waals surface area contributed by atoms with E-state index in [2.05, 4.69) is 5.32 Å². The predicted molar refractivity (Wildman–Crippen MR) is 105 cm³/mol. The third kappa shape index (κ3) is 4.98. The van der Waals surface area contributed by atoms with Gasteiger partial charge in [-0.3, -0.25) is 10.1 Å². The molecule has 0 aliphatic rings. The zero-order valence-corrected chi connectivity index (χ0v) is 14.8. The Kier molecular flexibility index (Phi) is 6.07. The van der Waals surface area contributed by atoms with Gasteiger partial charge in [-0.25, -0.2) is 0 Å². The van der Waals surface area contributed by atoms with Crippen LogP contribution in [0, 0.1) is 0 Å². The van der Waals surface area contributed by atoms with E-state index in [0.717, 1.165) is 11.1 Å². The Morgan fingerprint density at radius 3 is 2.19 bits per heavy atom. The minimum Gasteiger partial charge on any atom is -0.474 e. The van der Waals surface area contributed by atoms with Crippen molar-refractivity contribution in [2.75, 3.05) is 0 Å². The van der Waals surface area contributed by atoms with Crippen molar-refractivity contribution in [3.63, 3.8) is 0 Å². The summed E-state index contributed by atoms with van der Waals surface area (Å²) in [5.41, 5.74) is 2.34. The fourth-order valence-corrected chi connectivity index (χ4v) is 2.60. The average Bonchev–Trinajstić information content (AvgIpc) is 2.68. The Hall–Kier alpha value is -3.04. The van der Waals surface area contributed by atoms with E-state index in [1.807, 2.05) is 60.7 Å². The van der Waals surface area contributed by atoms with Crippen molar-refractivity contribution < 1.29 is 9.53 Å². The van der Waals surface area contributed by atoms with Gasteiger partial charge in [0, 0.05) is 6.08 Å². The molecule has 130 valence electrons. The highest BCUT2D eigenvalue weighted by Crippen LogP contribution is 2.16. The molecule has 3 nitrogen and oxygen atoms in total. The minimum atomic E-state index is -0.314. The highest BCUT2D eigenvalue weighted by molar-refractivity contribution is 6.33. The number of hydrogen-bond acceptors (Lipinski definition) is 2. The van der Waals surface area contributed by atoms with Crippen LogP contribution in [0.2, 0.25) is 5.02 Å². The lowest BCUT2D eigenvalue weighted by Crippen LogP contribution is -2.24. The Labute approximate surface area is 157 Å². The standard InChI is InChI=1S/C22H18ClNO2/c23-20-14-8-7-13-19(20)22(25)24-21(15-17-9-3-1-4-10-17)26-16-18-11-5-2-6-12-18/h1-15H,16H2,(H,24,25)/b21-15+. The second kappa shape index (κ2) is 8.88. The normalized spacial score (nSPS) is 11.0. The molecule has 0 heterocycles. The molecule has 3 aromatic carbocycles. The molecule has 4 heteroatoms. The SMILES string of the molecule is O=C(N/C(=C\c1ccccc1)OCc1ccccc1)c1ccccc1Cl.